The molecule has 2 heterocycles. The average Bonchev–Trinajstić information content (AvgIpc) is 3.20. The molecule has 7 heteroatoms. The first-order valence-corrected chi connectivity index (χ1v) is 9.38. The Bertz CT molecular complexity index is 757. The zero-order chi connectivity index (χ0) is 19.1. The number of aryl methyl sites for hydroxylation is 1. The molecule has 0 aliphatic carbocycles. The van der Waals surface area contributed by atoms with Crippen molar-refractivity contribution in [1.29, 1.82) is 0 Å². The van der Waals surface area contributed by atoms with Gasteiger partial charge in [0.2, 0.25) is 5.91 Å². The fourth-order valence-electron chi connectivity index (χ4n) is 3.13. The van der Waals surface area contributed by atoms with Crippen molar-refractivity contribution < 1.29 is 9.53 Å². The number of benzene rings is 1. The van der Waals surface area contributed by atoms with E-state index >= 15 is 0 Å². The van der Waals surface area contributed by atoms with Gasteiger partial charge in [-0.25, -0.2) is 9.97 Å². The van der Waals surface area contributed by atoms with E-state index in [0.29, 0.717) is 19.5 Å². The number of nitrogens with one attached hydrogen (secondary N) is 2. The highest BCUT2D eigenvalue weighted by Gasteiger charge is 2.15. The molecule has 1 aliphatic heterocycles. The van der Waals surface area contributed by atoms with E-state index in [1.807, 2.05) is 37.3 Å². The summed E-state index contributed by atoms with van der Waals surface area (Å²) in [4.78, 5) is 23.3. The maximum atomic E-state index is 12.1. The summed E-state index contributed by atoms with van der Waals surface area (Å²) in [5.74, 6) is 3.32. The molecule has 7 nitrogen and oxygen atoms in total. The number of rotatable bonds is 8. The third-order valence-electron chi connectivity index (χ3n) is 4.53. The fraction of sp³-hybridized carbons (Fsp3) is 0.450. The lowest BCUT2D eigenvalue weighted by Crippen LogP contribution is -2.30. The number of amides is 1. The zero-order valence-electron chi connectivity index (χ0n) is 16.0. The number of ether oxygens (including phenoxy) is 1. The van der Waals surface area contributed by atoms with E-state index in [1.165, 1.54) is 12.8 Å². The molecule has 2 aromatic rings. The number of methoxy groups -OCH3 is 1. The highest BCUT2D eigenvalue weighted by Crippen LogP contribution is 2.20. The summed E-state index contributed by atoms with van der Waals surface area (Å²) in [7, 11) is 1.63. The molecule has 0 spiro atoms. The van der Waals surface area contributed by atoms with Gasteiger partial charge in [0, 0.05) is 32.2 Å². The molecule has 144 valence electrons. The summed E-state index contributed by atoms with van der Waals surface area (Å²) in [6.45, 7) is 5.16. The number of anilines is 2. The van der Waals surface area contributed by atoms with E-state index in [9.17, 15) is 4.79 Å². The van der Waals surface area contributed by atoms with Crippen LogP contribution in [0.15, 0.2) is 30.3 Å². The third kappa shape index (κ3) is 5.57. The molecule has 1 fully saturated rings. The predicted molar refractivity (Wildman–Crippen MR) is 106 cm³/mol. The standard InChI is InChI=1S/C20H27N5O2/c1-15-23-18(14-19(24-15)25-11-3-4-12-25)21-9-10-22-20(26)13-16-5-7-17(27-2)8-6-16/h5-8,14H,3-4,9-13H2,1-2H3,(H,22,26)(H,21,23,24). The molecule has 0 saturated carbocycles. The van der Waals surface area contributed by atoms with Crippen LogP contribution in [0.2, 0.25) is 0 Å². The molecule has 0 unspecified atom stereocenters. The van der Waals surface area contributed by atoms with E-state index in [0.717, 1.165) is 41.9 Å². The van der Waals surface area contributed by atoms with E-state index in [4.69, 9.17) is 4.74 Å². The van der Waals surface area contributed by atoms with Gasteiger partial charge in [0.25, 0.3) is 0 Å². The number of carbonyl (C=O) groups excluding carboxylic acids is 1. The van der Waals surface area contributed by atoms with Crippen LogP contribution in [0.25, 0.3) is 0 Å². The molecule has 1 aromatic carbocycles. The van der Waals surface area contributed by atoms with Gasteiger partial charge in [0.05, 0.1) is 13.5 Å². The van der Waals surface area contributed by atoms with Crippen molar-refractivity contribution in [2.45, 2.75) is 26.2 Å². The molecule has 2 N–H and O–H groups in total. The van der Waals surface area contributed by atoms with Gasteiger partial charge in [-0.3, -0.25) is 4.79 Å². The number of hydrogen-bond donors (Lipinski definition) is 2. The fourth-order valence-corrected chi connectivity index (χ4v) is 3.13. The smallest absolute Gasteiger partial charge is 0.224 e. The second-order valence-electron chi connectivity index (χ2n) is 6.65. The van der Waals surface area contributed by atoms with E-state index in [2.05, 4.69) is 25.5 Å². The Labute approximate surface area is 160 Å². The van der Waals surface area contributed by atoms with Gasteiger partial charge in [-0.05, 0) is 37.5 Å². The van der Waals surface area contributed by atoms with Crippen LogP contribution in [0.1, 0.15) is 24.2 Å². The Morgan fingerprint density at radius 2 is 1.89 bits per heavy atom. The van der Waals surface area contributed by atoms with Crippen LogP contribution < -0.4 is 20.3 Å². The number of aromatic nitrogens is 2. The molecule has 1 saturated heterocycles. The first-order valence-electron chi connectivity index (χ1n) is 9.38. The monoisotopic (exact) mass is 369 g/mol. The van der Waals surface area contributed by atoms with Gasteiger partial charge in [0.15, 0.2) is 0 Å². The maximum absolute atomic E-state index is 12.1. The summed E-state index contributed by atoms with van der Waals surface area (Å²) in [5.41, 5.74) is 0.961. The Morgan fingerprint density at radius 3 is 2.59 bits per heavy atom. The highest BCUT2D eigenvalue weighted by atomic mass is 16.5. The second kappa shape index (κ2) is 9.21. The SMILES string of the molecule is COc1ccc(CC(=O)NCCNc2cc(N3CCCC3)nc(C)n2)cc1. The molecule has 0 bridgehead atoms. The lowest BCUT2D eigenvalue weighted by Gasteiger charge is -2.17. The van der Waals surface area contributed by atoms with Crippen molar-refractivity contribution in [3.8, 4) is 5.75 Å². The average molecular weight is 369 g/mol. The lowest BCUT2D eigenvalue weighted by atomic mass is 10.1. The van der Waals surface area contributed by atoms with Crippen molar-refractivity contribution in [1.82, 2.24) is 15.3 Å². The van der Waals surface area contributed by atoms with Crippen LogP contribution in [0.4, 0.5) is 11.6 Å². The first kappa shape index (κ1) is 18.9. The van der Waals surface area contributed by atoms with Crippen molar-refractivity contribution in [3.05, 3.63) is 41.7 Å². The Morgan fingerprint density at radius 1 is 1.15 bits per heavy atom. The molecule has 0 atom stereocenters. The minimum atomic E-state index is -0.00130. The number of carbonyl (C=O) groups is 1. The molecular formula is C20H27N5O2. The highest BCUT2D eigenvalue weighted by molar-refractivity contribution is 5.78. The summed E-state index contributed by atoms with van der Waals surface area (Å²) in [6.07, 6.45) is 2.79. The molecule has 1 amide bonds. The Hall–Kier alpha value is -2.83. The molecular weight excluding hydrogens is 342 g/mol. The van der Waals surface area contributed by atoms with Gasteiger partial charge in [0.1, 0.15) is 23.2 Å². The predicted octanol–water partition coefficient (Wildman–Crippen LogP) is 2.16. The van der Waals surface area contributed by atoms with Gasteiger partial charge >= 0.3 is 0 Å². The van der Waals surface area contributed by atoms with Gasteiger partial charge in [-0.1, -0.05) is 12.1 Å². The third-order valence-corrected chi connectivity index (χ3v) is 4.53. The van der Waals surface area contributed by atoms with Gasteiger partial charge in [-0.2, -0.15) is 0 Å². The molecule has 3 rings (SSSR count). The van der Waals surface area contributed by atoms with Crippen LogP contribution in [0, 0.1) is 6.92 Å². The summed E-state index contributed by atoms with van der Waals surface area (Å²) >= 11 is 0. The van der Waals surface area contributed by atoms with Crippen molar-refractivity contribution in [3.63, 3.8) is 0 Å². The molecule has 1 aromatic heterocycles. The van der Waals surface area contributed by atoms with Gasteiger partial charge < -0.3 is 20.3 Å². The summed E-state index contributed by atoms with van der Waals surface area (Å²) in [6, 6.07) is 9.51. The van der Waals surface area contributed by atoms with Crippen LogP contribution in [-0.2, 0) is 11.2 Å². The first-order chi connectivity index (χ1) is 13.1. The molecule has 0 radical (unpaired) electrons. The quantitative estimate of drug-likeness (QED) is 0.694. The van der Waals surface area contributed by atoms with E-state index in [-0.39, 0.29) is 5.91 Å². The second-order valence-corrected chi connectivity index (χ2v) is 6.65. The maximum Gasteiger partial charge on any atom is 0.224 e. The minimum Gasteiger partial charge on any atom is -0.497 e. The Kier molecular flexibility index (Phi) is 6.46. The van der Waals surface area contributed by atoms with Crippen LogP contribution in [0.3, 0.4) is 0 Å². The van der Waals surface area contributed by atoms with E-state index < -0.39 is 0 Å². The van der Waals surface area contributed by atoms with Gasteiger partial charge in [-0.15, -0.1) is 0 Å². The summed E-state index contributed by atoms with van der Waals surface area (Å²) < 4.78 is 5.12. The largest absolute Gasteiger partial charge is 0.497 e. The Balaban J connectivity index is 1.43. The number of hydrogen-bond acceptors (Lipinski definition) is 6. The van der Waals surface area contributed by atoms with Crippen LogP contribution >= 0.6 is 0 Å². The van der Waals surface area contributed by atoms with Crippen LogP contribution in [0.5, 0.6) is 5.75 Å². The molecule has 27 heavy (non-hydrogen) atoms. The number of nitrogens with zero attached hydrogens (tertiary/aromatic N) is 3. The topological polar surface area (TPSA) is 79.4 Å². The lowest BCUT2D eigenvalue weighted by molar-refractivity contribution is -0.120. The van der Waals surface area contributed by atoms with Crippen molar-refractivity contribution >= 4 is 17.5 Å². The summed E-state index contributed by atoms with van der Waals surface area (Å²) in [5, 5.41) is 6.20. The van der Waals surface area contributed by atoms with E-state index in [1.54, 1.807) is 7.11 Å². The zero-order valence-corrected chi connectivity index (χ0v) is 16.0. The van der Waals surface area contributed by atoms with Crippen molar-refractivity contribution in [2.75, 3.05) is 43.5 Å². The minimum absolute atomic E-state index is 0.00130. The van der Waals surface area contributed by atoms with Crippen molar-refractivity contribution in [2.24, 2.45) is 0 Å². The normalized spacial score (nSPS) is 13.5. The van der Waals surface area contributed by atoms with Crippen LogP contribution in [-0.4, -0.2) is 49.2 Å². The molecule has 1 aliphatic rings.